The normalized spacial score (nSPS) is 25.5. The molecule has 0 bridgehead atoms. The summed E-state index contributed by atoms with van der Waals surface area (Å²) in [5.41, 5.74) is 5.04. The maximum atomic E-state index is 13.1. The smallest absolute Gasteiger partial charge is 0.395 e. The molecule has 2 aromatic rings. The molecule has 7 heteroatoms. The number of carbonyl (C=O) groups excluding carboxylic acids is 1. The summed E-state index contributed by atoms with van der Waals surface area (Å²) in [7, 11) is 1.44. The van der Waals surface area contributed by atoms with Gasteiger partial charge in [-0.2, -0.15) is 13.2 Å². The van der Waals surface area contributed by atoms with Gasteiger partial charge < -0.3 is 10.1 Å². The van der Waals surface area contributed by atoms with Gasteiger partial charge >= 0.3 is 12.1 Å². The summed E-state index contributed by atoms with van der Waals surface area (Å²) in [6.07, 6.45) is 3.62. The molecular formula is C30H33F3N2O2. The molecule has 1 N–H and O–H groups in total. The SMILES string of the molecule is COC(=O)CCC1CCC(c2ccc(-c3ccc(C4=NC5CCC(C(F)(F)F)C=C5N4)cc3)cc2)CC1. The highest BCUT2D eigenvalue weighted by Crippen LogP contribution is 2.39. The molecule has 0 saturated heterocycles. The second-order valence-electron chi connectivity index (χ2n) is 10.5. The van der Waals surface area contributed by atoms with Crippen molar-refractivity contribution >= 4 is 11.8 Å². The highest BCUT2D eigenvalue weighted by atomic mass is 19.4. The van der Waals surface area contributed by atoms with E-state index in [0.717, 1.165) is 48.8 Å². The molecule has 0 amide bonds. The summed E-state index contributed by atoms with van der Waals surface area (Å²) in [6, 6.07) is 16.6. The minimum Gasteiger partial charge on any atom is -0.469 e. The number of rotatable bonds is 6. The second kappa shape index (κ2) is 10.7. The van der Waals surface area contributed by atoms with E-state index in [9.17, 15) is 18.0 Å². The van der Waals surface area contributed by atoms with Crippen molar-refractivity contribution in [3.8, 4) is 11.1 Å². The molecule has 2 aliphatic carbocycles. The molecule has 0 radical (unpaired) electrons. The van der Waals surface area contributed by atoms with Crippen LogP contribution in [0.2, 0.25) is 0 Å². The number of methoxy groups -OCH3 is 1. The van der Waals surface area contributed by atoms with Crippen LogP contribution in [0.3, 0.4) is 0 Å². The van der Waals surface area contributed by atoms with E-state index in [1.807, 2.05) is 24.3 Å². The lowest BCUT2D eigenvalue weighted by atomic mass is 9.77. The fourth-order valence-corrected chi connectivity index (χ4v) is 5.87. The maximum Gasteiger partial charge on any atom is 0.395 e. The number of nitrogens with one attached hydrogen (secondary N) is 1. The van der Waals surface area contributed by atoms with Gasteiger partial charge in [0.15, 0.2) is 0 Å². The molecule has 196 valence electrons. The van der Waals surface area contributed by atoms with Gasteiger partial charge in [-0.3, -0.25) is 9.79 Å². The Hall–Kier alpha value is -3.09. The Morgan fingerprint density at radius 1 is 0.919 bits per heavy atom. The Labute approximate surface area is 216 Å². The largest absolute Gasteiger partial charge is 0.469 e. The zero-order valence-corrected chi connectivity index (χ0v) is 21.1. The van der Waals surface area contributed by atoms with Gasteiger partial charge in [-0.15, -0.1) is 0 Å². The molecule has 1 saturated carbocycles. The first-order valence-electron chi connectivity index (χ1n) is 13.2. The van der Waals surface area contributed by atoms with Crippen LogP contribution in [0.4, 0.5) is 13.2 Å². The zero-order chi connectivity index (χ0) is 26.0. The number of alkyl halides is 3. The first-order valence-corrected chi connectivity index (χ1v) is 13.2. The van der Waals surface area contributed by atoms with Crippen molar-refractivity contribution in [3.63, 3.8) is 0 Å². The summed E-state index contributed by atoms with van der Waals surface area (Å²) in [5.74, 6) is 0.300. The van der Waals surface area contributed by atoms with Gasteiger partial charge in [-0.25, -0.2) is 0 Å². The van der Waals surface area contributed by atoms with E-state index in [2.05, 4.69) is 34.6 Å². The third-order valence-electron chi connectivity index (χ3n) is 8.16. The summed E-state index contributed by atoms with van der Waals surface area (Å²) < 4.78 is 44.1. The van der Waals surface area contributed by atoms with Crippen LogP contribution in [0.5, 0.6) is 0 Å². The molecule has 1 aliphatic heterocycles. The first-order chi connectivity index (χ1) is 17.8. The van der Waals surface area contributed by atoms with Crippen LogP contribution in [0, 0.1) is 11.8 Å². The molecule has 0 spiro atoms. The van der Waals surface area contributed by atoms with Crippen LogP contribution < -0.4 is 5.32 Å². The number of benzene rings is 2. The van der Waals surface area contributed by atoms with E-state index in [1.165, 1.54) is 18.7 Å². The van der Waals surface area contributed by atoms with Crippen molar-refractivity contribution in [2.45, 2.75) is 69.5 Å². The predicted molar refractivity (Wildman–Crippen MR) is 138 cm³/mol. The third kappa shape index (κ3) is 5.91. The van der Waals surface area contributed by atoms with Gasteiger partial charge in [0.2, 0.25) is 0 Å². The third-order valence-corrected chi connectivity index (χ3v) is 8.16. The highest BCUT2D eigenvalue weighted by Gasteiger charge is 2.42. The summed E-state index contributed by atoms with van der Waals surface area (Å²) in [6.45, 7) is 0. The summed E-state index contributed by atoms with van der Waals surface area (Å²) in [4.78, 5) is 16.0. The maximum absolute atomic E-state index is 13.1. The van der Waals surface area contributed by atoms with Gasteiger partial charge in [-0.1, -0.05) is 54.6 Å². The Kier molecular flexibility index (Phi) is 7.40. The van der Waals surface area contributed by atoms with Crippen LogP contribution in [0.1, 0.15) is 68.4 Å². The molecule has 37 heavy (non-hydrogen) atoms. The molecule has 2 atom stereocenters. The van der Waals surface area contributed by atoms with E-state index < -0.39 is 12.1 Å². The lowest BCUT2D eigenvalue weighted by Gasteiger charge is -2.28. The van der Waals surface area contributed by atoms with E-state index in [-0.39, 0.29) is 18.4 Å². The van der Waals surface area contributed by atoms with E-state index >= 15 is 0 Å². The number of halogens is 3. The average Bonchev–Trinajstić information content (AvgIpc) is 3.35. The van der Waals surface area contributed by atoms with E-state index in [1.54, 1.807) is 0 Å². The number of allylic oxidation sites excluding steroid dienone is 1. The number of esters is 1. The van der Waals surface area contributed by atoms with Crippen LogP contribution in [0.15, 0.2) is 65.3 Å². The number of nitrogens with zero attached hydrogens (tertiary/aromatic N) is 1. The lowest BCUT2D eigenvalue weighted by molar-refractivity contribution is -0.164. The summed E-state index contributed by atoms with van der Waals surface area (Å²) >= 11 is 0. The molecule has 3 aliphatic rings. The number of hydrogen-bond donors (Lipinski definition) is 1. The lowest BCUT2D eigenvalue weighted by Crippen LogP contribution is -2.30. The van der Waals surface area contributed by atoms with Crippen molar-refractivity contribution < 1.29 is 22.7 Å². The number of ether oxygens (including phenoxy) is 1. The van der Waals surface area contributed by atoms with Crippen LogP contribution in [-0.2, 0) is 9.53 Å². The second-order valence-corrected chi connectivity index (χ2v) is 10.5. The van der Waals surface area contributed by atoms with Crippen molar-refractivity contribution in [3.05, 3.63) is 71.4 Å². The summed E-state index contributed by atoms with van der Waals surface area (Å²) in [5, 5.41) is 3.12. The monoisotopic (exact) mass is 510 g/mol. The van der Waals surface area contributed by atoms with Crippen LogP contribution in [0.25, 0.3) is 11.1 Å². The van der Waals surface area contributed by atoms with Crippen molar-refractivity contribution in [1.82, 2.24) is 5.32 Å². The van der Waals surface area contributed by atoms with Crippen molar-refractivity contribution in [2.24, 2.45) is 16.8 Å². The Morgan fingerprint density at radius 2 is 1.54 bits per heavy atom. The molecule has 2 unspecified atom stereocenters. The Bertz CT molecular complexity index is 1160. The van der Waals surface area contributed by atoms with Gasteiger partial charge in [0, 0.05) is 17.7 Å². The van der Waals surface area contributed by atoms with Gasteiger partial charge in [-0.05, 0) is 73.5 Å². The number of hydrogen-bond acceptors (Lipinski definition) is 4. The number of carbonyl (C=O) groups is 1. The number of fused-ring (bicyclic) bond motifs is 1. The number of aliphatic imine (C=N–C) groups is 1. The molecule has 1 heterocycles. The molecule has 1 fully saturated rings. The zero-order valence-electron chi connectivity index (χ0n) is 21.1. The topological polar surface area (TPSA) is 50.7 Å². The standard InChI is InChI=1S/C30H33F3N2O2/c1-37-28(36)17-4-19-2-5-20(6-3-19)21-7-9-22(10-8-21)23-11-13-24(14-12-23)29-34-26-16-15-25(30(31,32)33)18-27(26)35-29/h7-14,18-20,25-26H,2-6,15-17H2,1H3,(H,34,35). The highest BCUT2D eigenvalue weighted by molar-refractivity contribution is 6.02. The Morgan fingerprint density at radius 3 is 2.16 bits per heavy atom. The molecule has 2 aromatic carbocycles. The van der Waals surface area contributed by atoms with Gasteiger partial charge in [0.25, 0.3) is 0 Å². The average molecular weight is 511 g/mol. The molecule has 0 aromatic heterocycles. The van der Waals surface area contributed by atoms with Gasteiger partial charge in [0.05, 0.1) is 19.1 Å². The Balaban J connectivity index is 1.18. The molecular weight excluding hydrogens is 477 g/mol. The quantitative estimate of drug-likeness (QED) is 0.420. The van der Waals surface area contributed by atoms with Crippen LogP contribution >= 0.6 is 0 Å². The fourth-order valence-electron chi connectivity index (χ4n) is 5.87. The number of amidine groups is 1. The van der Waals surface area contributed by atoms with E-state index in [0.29, 0.717) is 36.2 Å². The first kappa shape index (κ1) is 25.6. The molecule has 5 rings (SSSR count). The van der Waals surface area contributed by atoms with Gasteiger partial charge in [0.1, 0.15) is 5.84 Å². The fraction of sp³-hybridized carbons (Fsp3) is 0.467. The minimum absolute atomic E-state index is 0.0852. The van der Waals surface area contributed by atoms with Crippen LogP contribution in [-0.4, -0.2) is 31.1 Å². The van der Waals surface area contributed by atoms with E-state index in [4.69, 9.17) is 4.74 Å². The van der Waals surface area contributed by atoms with Crippen molar-refractivity contribution in [1.29, 1.82) is 0 Å². The predicted octanol–water partition coefficient (Wildman–Crippen LogP) is 7.16. The van der Waals surface area contributed by atoms with Crippen molar-refractivity contribution in [2.75, 3.05) is 7.11 Å². The minimum atomic E-state index is -4.20. The molecule has 4 nitrogen and oxygen atoms in total.